The van der Waals surface area contributed by atoms with E-state index in [4.69, 9.17) is 14.6 Å². The van der Waals surface area contributed by atoms with Crippen molar-refractivity contribution in [1.29, 1.82) is 0 Å². The van der Waals surface area contributed by atoms with Crippen LogP contribution in [-0.4, -0.2) is 48.3 Å². The van der Waals surface area contributed by atoms with E-state index in [2.05, 4.69) is 0 Å². The fraction of sp³-hybridized carbons (Fsp3) is 1.00. The highest BCUT2D eigenvalue weighted by atomic mass is 16.5. The normalized spacial score (nSPS) is 44.6. The highest BCUT2D eigenvalue weighted by Gasteiger charge is 2.60. The molecule has 4 nitrogen and oxygen atoms in total. The summed E-state index contributed by atoms with van der Waals surface area (Å²) in [6, 6.07) is 0. The van der Waals surface area contributed by atoms with Gasteiger partial charge in [-0.05, 0) is 69.1 Å². The van der Waals surface area contributed by atoms with Crippen LogP contribution in [-0.2, 0) is 9.47 Å². The average Bonchev–Trinajstić information content (AvgIpc) is 2.99. The molecule has 4 aliphatic carbocycles. The van der Waals surface area contributed by atoms with E-state index in [1.54, 1.807) is 0 Å². The molecule has 2 atom stereocenters. The van der Waals surface area contributed by atoms with E-state index < -0.39 is 5.60 Å². The molecule has 0 aromatic carbocycles. The Balaban J connectivity index is 1.55. The molecular formula is C19H32O4. The molecule has 132 valence electrons. The monoisotopic (exact) mass is 324 g/mol. The van der Waals surface area contributed by atoms with E-state index >= 15 is 0 Å². The first kappa shape index (κ1) is 16.3. The predicted molar refractivity (Wildman–Crippen MR) is 87.1 cm³/mol. The van der Waals surface area contributed by atoms with Gasteiger partial charge in [0.25, 0.3) is 0 Å². The molecule has 4 heteroatoms. The van der Waals surface area contributed by atoms with Crippen LogP contribution in [0.4, 0.5) is 0 Å². The van der Waals surface area contributed by atoms with Gasteiger partial charge in [0.05, 0.1) is 31.5 Å². The minimum absolute atomic E-state index is 0.0247. The van der Waals surface area contributed by atoms with Crippen LogP contribution in [0, 0.1) is 23.2 Å². The lowest BCUT2D eigenvalue weighted by atomic mass is 9.45. The van der Waals surface area contributed by atoms with Crippen molar-refractivity contribution in [1.82, 2.24) is 0 Å². The maximum Gasteiger partial charge on any atom is 0.0960 e. The summed E-state index contributed by atoms with van der Waals surface area (Å²) in [6.07, 6.45) is 10.7. The molecule has 0 aromatic heterocycles. The fourth-order valence-electron chi connectivity index (χ4n) is 6.60. The zero-order valence-corrected chi connectivity index (χ0v) is 14.2. The minimum atomic E-state index is -0.785. The zero-order valence-electron chi connectivity index (χ0n) is 14.2. The summed E-state index contributed by atoms with van der Waals surface area (Å²) in [7, 11) is 0. The van der Waals surface area contributed by atoms with Crippen molar-refractivity contribution in [2.45, 2.75) is 69.5 Å². The van der Waals surface area contributed by atoms with Crippen molar-refractivity contribution in [2.24, 2.45) is 23.2 Å². The molecule has 0 spiro atoms. The van der Waals surface area contributed by atoms with Crippen LogP contribution in [0.5, 0.6) is 0 Å². The lowest BCUT2D eigenvalue weighted by Crippen LogP contribution is -2.61. The van der Waals surface area contributed by atoms with Crippen LogP contribution < -0.4 is 0 Å². The van der Waals surface area contributed by atoms with Crippen molar-refractivity contribution in [3.8, 4) is 0 Å². The van der Waals surface area contributed by atoms with Gasteiger partial charge >= 0.3 is 0 Å². The van der Waals surface area contributed by atoms with Crippen molar-refractivity contribution in [3.05, 3.63) is 0 Å². The molecule has 1 heterocycles. The van der Waals surface area contributed by atoms with Crippen LogP contribution in [0.1, 0.15) is 57.8 Å². The summed E-state index contributed by atoms with van der Waals surface area (Å²) in [5.41, 5.74) is -0.754. The minimum Gasteiger partial charge on any atom is -0.394 e. The Hall–Kier alpha value is -0.160. The topological polar surface area (TPSA) is 58.9 Å². The van der Waals surface area contributed by atoms with Gasteiger partial charge in [-0.1, -0.05) is 0 Å². The number of rotatable bonds is 7. The average molecular weight is 324 g/mol. The molecule has 2 N–H and O–H groups in total. The van der Waals surface area contributed by atoms with Crippen LogP contribution in [0.25, 0.3) is 0 Å². The van der Waals surface area contributed by atoms with Gasteiger partial charge in [0.15, 0.2) is 0 Å². The van der Waals surface area contributed by atoms with Gasteiger partial charge in [-0.25, -0.2) is 0 Å². The second-order valence-corrected chi connectivity index (χ2v) is 8.84. The lowest BCUT2D eigenvalue weighted by molar-refractivity contribution is -0.214. The number of hydrogen-bond donors (Lipinski definition) is 2. The summed E-state index contributed by atoms with van der Waals surface area (Å²) in [6.45, 7) is 1.54. The third-order valence-electron chi connectivity index (χ3n) is 7.19. The van der Waals surface area contributed by atoms with Crippen molar-refractivity contribution in [2.75, 3.05) is 26.4 Å². The second kappa shape index (κ2) is 6.29. The maximum atomic E-state index is 11.8. The molecule has 0 radical (unpaired) electrons. The Morgan fingerprint density at radius 3 is 2.26 bits per heavy atom. The van der Waals surface area contributed by atoms with Gasteiger partial charge < -0.3 is 19.7 Å². The van der Waals surface area contributed by atoms with Crippen molar-refractivity contribution in [3.63, 3.8) is 0 Å². The molecule has 0 aromatic rings. The van der Waals surface area contributed by atoms with E-state index in [1.807, 2.05) is 0 Å². The van der Waals surface area contributed by atoms with Crippen LogP contribution in [0.2, 0.25) is 0 Å². The van der Waals surface area contributed by atoms with Gasteiger partial charge in [-0.15, -0.1) is 0 Å². The summed E-state index contributed by atoms with van der Waals surface area (Å²) in [4.78, 5) is 0. The van der Waals surface area contributed by atoms with Crippen LogP contribution >= 0.6 is 0 Å². The fourth-order valence-corrected chi connectivity index (χ4v) is 6.60. The summed E-state index contributed by atoms with van der Waals surface area (Å²) >= 11 is 0. The first-order valence-corrected chi connectivity index (χ1v) is 9.65. The Morgan fingerprint density at radius 2 is 1.74 bits per heavy atom. The van der Waals surface area contributed by atoms with E-state index in [0.29, 0.717) is 19.6 Å². The molecule has 4 saturated carbocycles. The molecule has 23 heavy (non-hydrogen) atoms. The molecule has 5 fully saturated rings. The third-order valence-corrected chi connectivity index (χ3v) is 7.19. The number of aliphatic hydroxyl groups is 2. The van der Waals surface area contributed by atoms with Gasteiger partial charge in [-0.2, -0.15) is 0 Å². The molecule has 4 bridgehead atoms. The Bertz CT molecular complexity index is 382. The molecule has 5 aliphatic rings. The number of ether oxygens (including phenoxy) is 2. The zero-order chi connectivity index (χ0) is 15.9. The lowest BCUT2D eigenvalue weighted by Gasteiger charge is -2.62. The molecule has 2 unspecified atom stereocenters. The summed E-state index contributed by atoms with van der Waals surface area (Å²) < 4.78 is 11.5. The summed E-state index contributed by atoms with van der Waals surface area (Å²) in [5, 5.41) is 20.8. The maximum absolute atomic E-state index is 11.8. The number of hydrogen-bond acceptors (Lipinski definition) is 4. The predicted octanol–water partition coefficient (Wildman–Crippen LogP) is 2.51. The summed E-state index contributed by atoms with van der Waals surface area (Å²) in [5.74, 6) is 2.44. The third kappa shape index (κ3) is 2.97. The Morgan fingerprint density at radius 1 is 1.09 bits per heavy atom. The second-order valence-electron chi connectivity index (χ2n) is 8.84. The van der Waals surface area contributed by atoms with Gasteiger partial charge in [-0.3, -0.25) is 0 Å². The van der Waals surface area contributed by atoms with E-state index in [-0.39, 0.29) is 18.1 Å². The molecule has 1 aliphatic heterocycles. The molecule has 1 saturated heterocycles. The van der Waals surface area contributed by atoms with E-state index in [1.165, 1.54) is 38.5 Å². The Kier molecular flexibility index (Phi) is 4.46. The van der Waals surface area contributed by atoms with Crippen molar-refractivity contribution < 1.29 is 19.7 Å². The van der Waals surface area contributed by atoms with Gasteiger partial charge in [0, 0.05) is 18.4 Å². The molecule has 0 amide bonds. The van der Waals surface area contributed by atoms with Crippen molar-refractivity contribution >= 4 is 0 Å². The van der Waals surface area contributed by atoms with E-state index in [9.17, 15) is 5.11 Å². The van der Waals surface area contributed by atoms with Crippen LogP contribution in [0.3, 0.4) is 0 Å². The standard InChI is InChI=1S/C19H32O4/c20-3-5-22-13-19(21,12-17-2-1-4-23-17)18-9-14-6-15(10-18)8-16(7-14)11-18/h14-17,20-21H,1-13H2. The first-order valence-electron chi connectivity index (χ1n) is 9.65. The highest BCUT2D eigenvalue weighted by Crippen LogP contribution is 2.64. The quantitative estimate of drug-likeness (QED) is 0.707. The highest BCUT2D eigenvalue weighted by molar-refractivity contribution is 5.10. The van der Waals surface area contributed by atoms with Gasteiger partial charge in [0.1, 0.15) is 0 Å². The smallest absolute Gasteiger partial charge is 0.0960 e. The largest absolute Gasteiger partial charge is 0.394 e. The molecule has 5 rings (SSSR count). The molecular weight excluding hydrogens is 292 g/mol. The Labute approximate surface area is 139 Å². The SMILES string of the molecule is OCCOCC(O)(CC1CCCO1)C12CC3CC(CC(C3)C1)C2. The number of aliphatic hydroxyl groups excluding tert-OH is 1. The first-order chi connectivity index (χ1) is 11.1. The van der Waals surface area contributed by atoms with Gasteiger partial charge in [0.2, 0.25) is 0 Å². The van der Waals surface area contributed by atoms with Crippen LogP contribution in [0.15, 0.2) is 0 Å². The van der Waals surface area contributed by atoms with E-state index in [0.717, 1.165) is 37.2 Å².